The van der Waals surface area contributed by atoms with E-state index in [1.165, 1.54) is 18.0 Å². The number of hydrogen-bond acceptors (Lipinski definition) is 4. The van der Waals surface area contributed by atoms with E-state index in [0.29, 0.717) is 17.9 Å². The first-order valence-electron chi connectivity index (χ1n) is 5.74. The largest absolute Gasteiger partial charge is 0.480 e. The predicted molar refractivity (Wildman–Crippen MR) is 75.6 cm³/mol. The van der Waals surface area contributed by atoms with Crippen LogP contribution in [0.3, 0.4) is 0 Å². The van der Waals surface area contributed by atoms with Crippen LogP contribution in [0.2, 0.25) is 0 Å². The maximum Gasteiger partial charge on any atom is 0.326 e. The van der Waals surface area contributed by atoms with E-state index in [1.54, 1.807) is 12.3 Å². The molecule has 1 aromatic rings. The second-order valence-corrected chi connectivity index (χ2v) is 5.01. The number of nitrogens with zero attached hydrogens (tertiary/aromatic N) is 1. The van der Waals surface area contributed by atoms with Crippen LogP contribution < -0.4 is 10.6 Å². The number of carboxylic acids is 1. The molecule has 0 radical (unpaired) electrons. The highest BCUT2D eigenvalue weighted by molar-refractivity contribution is 7.98. The molecule has 3 N–H and O–H groups in total. The Morgan fingerprint density at radius 3 is 2.79 bits per heavy atom. The number of aromatic nitrogens is 1. The number of aliphatic carboxylic acids is 1. The zero-order chi connectivity index (χ0) is 14.3. The summed E-state index contributed by atoms with van der Waals surface area (Å²) in [5, 5.41) is 14.0. The van der Waals surface area contributed by atoms with Gasteiger partial charge in [0.2, 0.25) is 0 Å². The van der Waals surface area contributed by atoms with Gasteiger partial charge in [-0.05, 0) is 37.0 Å². The molecule has 0 unspecified atom stereocenters. The number of pyridine rings is 1. The van der Waals surface area contributed by atoms with E-state index in [0.717, 1.165) is 5.56 Å². The minimum atomic E-state index is -1.04. The molecule has 1 atom stereocenters. The number of urea groups is 1. The van der Waals surface area contributed by atoms with E-state index in [-0.39, 0.29) is 0 Å². The van der Waals surface area contributed by atoms with Crippen molar-refractivity contribution in [1.29, 1.82) is 0 Å². The number of rotatable bonds is 6. The molecule has 104 valence electrons. The van der Waals surface area contributed by atoms with Crippen LogP contribution in [-0.2, 0) is 4.79 Å². The number of hydrogen-bond donors (Lipinski definition) is 3. The Bertz CT molecular complexity index is 454. The molecule has 1 heterocycles. The second-order valence-electron chi connectivity index (χ2n) is 4.02. The summed E-state index contributed by atoms with van der Waals surface area (Å²) >= 11 is 1.54. The zero-order valence-corrected chi connectivity index (χ0v) is 11.7. The van der Waals surface area contributed by atoms with Crippen LogP contribution in [0.4, 0.5) is 10.5 Å². The van der Waals surface area contributed by atoms with Crippen molar-refractivity contribution in [2.24, 2.45) is 0 Å². The van der Waals surface area contributed by atoms with Gasteiger partial charge in [0.05, 0.1) is 11.9 Å². The topological polar surface area (TPSA) is 91.3 Å². The van der Waals surface area contributed by atoms with Crippen LogP contribution in [-0.4, -0.2) is 40.1 Å². The Morgan fingerprint density at radius 2 is 2.21 bits per heavy atom. The number of aryl methyl sites for hydroxylation is 1. The second kappa shape index (κ2) is 7.63. The summed E-state index contributed by atoms with van der Waals surface area (Å²) in [5.41, 5.74) is 1.45. The van der Waals surface area contributed by atoms with Gasteiger partial charge in [-0.25, -0.2) is 9.59 Å². The highest BCUT2D eigenvalue weighted by Gasteiger charge is 2.19. The Kier molecular flexibility index (Phi) is 6.14. The van der Waals surface area contributed by atoms with Gasteiger partial charge < -0.3 is 15.7 Å². The Hall–Kier alpha value is -1.76. The van der Waals surface area contributed by atoms with Crippen molar-refractivity contribution in [3.8, 4) is 0 Å². The maximum absolute atomic E-state index is 11.7. The fraction of sp³-hybridized carbons (Fsp3) is 0.417. The lowest BCUT2D eigenvalue weighted by Crippen LogP contribution is -2.43. The van der Waals surface area contributed by atoms with Crippen LogP contribution in [0.15, 0.2) is 18.5 Å². The summed E-state index contributed by atoms with van der Waals surface area (Å²) in [5.74, 6) is -0.366. The standard InChI is InChI=1S/C12H17N3O3S/c1-8-5-9(7-13-6-8)14-12(18)15-10(11(16)17)3-4-19-2/h5-7,10H,3-4H2,1-2H3,(H,16,17)(H2,14,15,18)/t10-/m1/s1. The quantitative estimate of drug-likeness (QED) is 0.739. The molecule has 0 spiro atoms. The van der Waals surface area contributed by atoms with Gasteiger partial charge in [-0.3, -0.25) is 4.98 Å². The van der Waals surface area contributed by atoms with Crippen LogP contribution >= 0.6 is 11.8 Å². The average Bonchev–Trinajstić information content (AvgIpc) is 2.34. The number of carboxylic acid groups (broad SMARTS) is 1. The molecule has 0 bridgehead atoms. The molecule has 1 aromatic heterocycles. The molecule has 0 fully saturated rings. The summed E-state index contributed by atoms with van der Waals surface area (Å²) in [6.07, 6.45) is 5.44. The monoisotopic (exact) mass is 283 g/mol. The van der Waals surface area contributed by atoms with Crippen LogP contribution in [0.5, 0.6) is 0 Å². The molecular formula is C12H17N3O3S. The molecule has 0 saturated carbocycles. The van der Waals surface area contributed by atoms with Crippen LogP contribution in [0.25, 0.3) is 0 Å². The minimum Gasteiger partial charge on any atom is -0.480 e. The van der Waals surface area contributed by atoms with Gasteiger partial charge in [0.15, 0.2) is 0 Å². The maximum atomic E-state index is 11.7. The number of amides is 2. The highest BCUT2D eigenvalue weighted by Crippen LogP contribution is 2.07. The third-order valence-electron chi connectivity index (χ3n) is 2.35. The van der Waals surface area contributed by atoms with Crippen molar-refractivity contribution in [3.63, 3.8) is 0 Å². The molecule has 1 rings (SSSR count). The Labute approximate surface area is 116 Å². The normalized spacial score (nSPS) is 11.7. The lowest BCUT2D eigenvalue weighted by Gasteiger charge is -2.14. The molecule has 0 saturated heterocycles. The van der Waals surface area contributed by atoms with Gasteiger partial charge >= 0.3 is 12.0 Å². The molecule has 0 aliphatic rings. The lowest BCUT2D eigenvalue weighted by molar-refractivity contribution is -0.139. The van der Waals surface area contributed by atoms with E-state index in [2.05, 4.69) is 15.6 Å². The fourth-order valence-electron chi connectivity index (χ4n) is 1.44. The summed E-state index contributed by atoms with van der Waals surface area (Å²) in [6.45, 7) is 1.86. The van der Waals surface area contributed by atoms with E-state index < -0.39 is 18.0 Å². The minimum absolute atomic E-state index is 0.385. The Morgan fingerprint density at radius 1 is 1.47 bits per heavy atom. The first-order valence-corrected chi connectivity index (χ1v) is 7.13. The van der Waals surface area contributed by atoms with Gasteiger partial charge in [0.25, 0.3) is 0 Å². The van der Waals surface area contributed by atoms with E-state index >= 15 is 0 Å². The first-order chi connectivity index (χ1) is 9.02. The van der Waals surface area contributed by atoms with Crippen molar-refractivity contribution in [3.05, 3.63) is 24.0 Å². The molecule has 0 aromatic carbocycles. The molecule has 6 nitrogen and oxygen atoms in total. The Balaban J connectivity index is 2.55. The smallest absolute Gasteiger partial charge is 0.326 e. The number of thioether (sulfide) groups is 1. The number of nitrogens with one attached hydrogen (secondary N) is 2. The average molecular weight is 283 g/mol. The molecule has 0 aliphatic heterocycles. The van der Waals surface area contributed by atoms with Gasteiger partial charge in [-0.15, -0.1) is 0 Å². The number of carbonyl (C=O) groups is 2. The number of anilines is 1. The molecular weight excluding hydrogens is 266 g/mol. The van der Waals surface area contributed by atoms with Gasteiger partial charge in [-0.2, -0.15) is 11.8 Å². The van der Waals surface area contributed by atoms with Crippen molar-refractivity contribution in [2.75, 3.05) is 17.3 Å². The van der Waals surface area contributed by atoms with Gasteiger partial charge in [-0.1, -0.05) is 0 Å². The number of carbonyl (C=O) groups excluding carboxylic acids is 1. The molecule has 19 heavy (non-hydrogen) atoms. The zero-order valence-electron chi connectivity index (χ0n) is 10.8. The van der Waals surface area contributed by atoms with E-state index in [1.807, 2.05) is 13.2 Å². The van der Waals surface area contributed by atoms with Crippen molar-refractivity contribution < 1.29 is 14.7 Å². The fourth-order valence-corrected chi connectivity index (χ4v) is 1.91. The van der Waals surface area contributed by atoms with Crippen molar-refractivity contribution in [2.45, 2.75) is 19.4 Å². The SMILES string of the molecule is CSCC[C@@H](NC(=O)Nc1cncc(C)c1)C(=O)O. The molecule has 2 amide bonds. The van der Waals surface area contributed by atoms with Gasteiger partial charge in [0.1, 0.15) is 6.04 Å². The van der Waals surface area contributed by atoms with Gasteiger partial charge in [0, 0.05) is 6.20 Å². The summed E-state index contributed by atoms with van der Waals surface area (Å²) in [6, 6.07) is 0.329. The predicted octanol–water partition coefficient (Wildman–Crippen LogP) is 1.72. The van der Waals surface area contributed by atoms with E-state index in [9.17, 15) is 9.59 Å². The first kappa shape index (κ1) is 15.3. The van der Waals surface area contributed by atoms with Crippen molar-refractivity contribution in [1.82, 2.24) is 10.3 Å². The molecule has 0 aliphatic carbocycles. The summed E-state index contributed by atoms with van der Waals surface area (Å²) in [4.78, 5) is 26.6. The highest BCUT2D eigenvalue weighted by atomic mass is 32.2. The van der Waals surface area contributed by atoms with Crippen LogP contribution in [0.1, 0.15) is 12.0 Å². The van der Waals surface area contributed by atoms with Crippen molar-refractivity contribution >= 4 is 29.4 Å². The third kappa shape index (κ3) is 5.60. The van der Waals surface area contributed by atoms with E-state index in [4.69, 9.17) is 5.11 Å². The van der Waals surface area contributed by atoms with Crippen LogP contribution in [0, 0.1) is 6.92 Å². The summed E-state index contributed by atoms with van der Waals surface area (Å²) < 4.78 is 0. The lowest BCUT2D eigenvalue weighted by atomic mass is 10.2. The third-order valence-corrected chi connectivity index (χ3v) is 2.99. The summed E-state index contributed by atoms with van der Waals surface area (Å²) in [7, 11) is 0. The molecule has 7 heteroatoms.